The molecule has 0 fully saturated rings. The first-order chi connectivity index (χ1) is 32.2. The lowest BCUT2D eigenvalue weighted by molar-refractivity contribution is 0.793. The Bertz CT molecular complexity index is 3570. The van der Waals surface area contributed by atoms with Crippen molar-refractivity contribution in [1.29, 1.82) is 0 Å². The van der Waals surface area contributed by atoms with Gasteiger partial charge in [0.1, 0.15) is 0 Å². The van der Waals surface area contributed by atoms with E-state index in [9.17, 15) is 0 Å². The summed E-state index contributed by atoms with van der Waals surface area (Å²) in [4.78, 5) is 4.92. The van der Waals surface area contributed by atoms with E-state index in [0.29, 0.717) is 0 Å². The molecule has 11 aromatic rings. The van der Waals surface area contributed by atoms with Crippen LogP contribution in [0.5, 0.6) is 0 Å². The predicted octanol–water partition coefficient (Wildman–Crippen LogP) is 16.3. The van der Waals surface area contributed by atoms with Crippen LogP contribution in [0.4, 0.5) is 34.1 Å². The highest BCUT2D eigenvalue weighted by Crippen LogP contribution is 2.64. The number of hydrogen-bond acceptors (Lipinski definition) is 2. The highest BCUT2D eigenvalue weighted by molar-refractivity contribution is 6.16. The van der Waals surface area contributed by atoms with Crippen LogP contribution in [0.1, 0.15) is 22.3 Å². The van der Waals surface area contributed by atoms with Crippen LogP contribution >= 0.6 is 0 Å². The molecule has 306 valence electrons. The summed E-state index contributed by atoms with van der Waals surface area (Å²) < 4.78 is 2.34. The van der Waals surface area contributed by atoms with E-state index in [1.165, 1.54) is 77.4 Å². The number of fused-ring (bicyclic) bond motifs is 13. The summed E-state index contributed by atoms with van der Waals surface area (Å²) in [6, 6.07) is 89.5. The SMILES string of the molecule is Cn1c2ccccc2c2c(N(c3ccc4c(c3)C3(c5ccccc5-c5ccc(N(c6ccccc6)c6ccccc6)cc53)c3ccccc3-4)c3ccccc3-c3ccccc3)cccc21. The van der Waals surface area contributed by atoms with Crippen LogP contribution < -0.4 is 9.80 Å². The molecule has 1 aromatic heterocycles. The molecule has 0 aliphatic heterocycles. The minimum atomic E-state index is -0.584. The first-order valence-corrected chi connectivity index (χ1v) is 22.5. The molecular formula is C62H43N3. The van der Waals surface area contributed by atoms with Gasteiger partial charge in [-0.1, -0.05) is 170 Å². The number of nitrogens with zero attached hydrogens (tertiary/aromatic N) is 3. The van der Waals surface area contributed by atoms with Crippen molar-refractivity contribution in [3.8, 4) is 33.4 Å². The van der Waals surface area contributed by atoms with Crippen molar-refractivity contribution < 1.29 is 0 Å². The molecule has 3 heteroatoms. The first kappa shape index (κ1) is 37.2. The van der Waals surface area contributed by atoms with E-state index < -0.39 is 5.41 Å². The molecule has 0 amide bonds. The van der Waals surface area contributed by atoms with Gasteiger partial charge in [0, 0.05) is 51.6 Å². The van der Waals surface area contributed by atoms with Gasteiger partial charge in [0.15, 0.2) is 0 Å². The van der Waals surface area contributed by atoms with E-state index in [1.54, 1.807) is 0 Å². The summed E-state index contributed by atoms with van der Waals surface area (Å²) >= 11 is 0. The number of aryl methyl sites for hydroxylation is 1. The van der Waals surface area contributed by atoms with Crippen molar-refractivity contribution in [2.75, 3.05) is 9.80 Å². The van der Waals surface area contributed by atoms with Crippen LogP contribution in [-0.4, -0.2) is 4.57 Å². The lowest BCUT2D eigenvalue weighted by Crippen LogP contribution is -2.26. The van der Waals surface area contributed by atoms with Crippen molar-refractivity contribution in [2.24, 2.45) is 7.05 Å². The van der Waals surface area contributed by atoms with Gasteiger partial charge in [0.2, 0.25) is 0 Å². The van der Waals surface area contributed by atoms with Crippen LogP contribution in [0, 0.1) is 0 Å². The first-order valence-electron chi connectivity index (χ1n) is 22.5. The third-order valence-corrected chi connectivity index (χ3v) is 14.0. The highest BCUT2D eigenvalue weighted by atomic mass is 15.2. The molecule has 13 rings (SSSR count). The Morgan fingerprint density at radius 1 is 0.323 bits per heavy atom. The highest BCUT2D eigenvalue weighted by Gasteiger charge is 2.52. The van der Waals surface area contributed by atoms with E-state index >= 15 is 0 Å². The molecular weight excluding hydrogens is 787 g/mol. The van der Waals surface area contributed by atoms with E-state index in [4.69, 9.17) is 0 Å². The smallest absolute Gasteiger partial charge is 0.0727 e. The van der Waals surface area contributed by atoms with Gasteiger partial charge in [-0.25, -0.2) is 0 Å². The van der Waals surface area contributed by atoms with Gasteiger partial charge in [0.05, 0.1) is 22.3 Å². The van der Waals surface area contributed by atoms with Gasteiger partial charge in [-0.3, -0.25) is 0 Å². The van der Waals surface area contributed by atoms with Gasteiger partial charge >= 0.3 is 0 Å². The fraction of sp³-hybridized carbons (Fsp3) is 0.0323. The summed E-state index contributed by atoms with van der Waals surface area (Å²) in [7, 11) is 2.19. The quantitative estimate of drug-likeness (QED) is 0.159. The standard InChI is InChI=1S/C62H43N3/c1-63-57-32-17-14-29-52(57)61-59(63)34-19-35-60(61)65(58-33-18-13-26-47(58)42-20-5-2-6-21-42)46-37-39-51-49-28-12-16-31-54(49)62(56(51)41-46)53-30-15-11-27-48(53)50-38-36-45(40-55(50)62)64(43-22-7-3-8-23-43)44-24-9-4-10-25-44/h2-41H,1H3. The molecule has 1 spiro atoms. The number of para-hydroxylation sites is 4. The lowest BCUT2D eigenvalue weighted by atomic mass is 9.70. The van der Waals surface area contributed by atoms with Crippen LogP contribution in [0.2, 0.25) is 0 Å². The molecule has 1 unspecified atom stereocenters. The minimum Gasteiger partial charge on any atom is -0.344 e. The Morgan fingerprint density at radius 2 is 0.785 bits per heavy atom. The van der Waals surface area contributed by atoms with E-state index in [0.717, 1.165) is 34.1 Å². The maximum absolute atomic E-state index is 2.53. The van der Waals surface area contributed by atoms with Crippen molar-refractivity contribution in [3.05, 3.63) is 265 Å². The molecule has 0 bridgehead atoms. The summed E-state index contributed by atoms with van der Waals surface area (Å²) in [5.41, 5.74) is 21.2. The van der Waals surface area contributed by atoms with Crippen LogP contribution in [-0.2, 0) is 12.5 Å². The van der Waals surface area contributed by atoms with Crippen LogP contribution in [0.15, 0.2) is 243 Å². The number of benzene rings is 10. The summed E-state index contributed by atoms with van der Waals surface area (Å²) in [5.74, 6) is 0. The minimum absolute atomic E-state index is 0.584. The van der Waals surface area contributed by atoms with E-state index in [2.05, 4.69) is 264 Å². The summed E-state index contributed by atoms with van der Waals surface area (Å²) in [6.45, 7) is 0. The largest absolute Gasteiger partial charge is 0.344 e. The van der Waals surface area contributed by atoms with Gasteiger partial charge in [-0.05, 0) is 123 Å². The molecule has 10 aromatic carbocycles. The molecule has 0 saturated heterocycles. The van der Waals surface area contributed by atoms with Crippen LogP contribution in [0.3, 0.4) is 0 Å². The Hall–Kier alpha value is -8.40. The molecule has 3 nitrogen and oxygen atoms in total. The second-order valence-corrected chi connectivity index (χ2v) is 17.3. The second kappa shape index (κ2) is 14.6. The van der Waals surface area contributed by atoms with Crippen LogP contribution in [0.25, 0.3) is 55.2 Å². The number of anilines is 6. The average molecular weight is 830 g/mol. The summed E-state index contributed by atoms with van der Waals surface area (Å²) in [5, 5.41) is 2.47. The summed E-state index contributed by atoms with van der Waals surface area (Å²) in [6.07, 6.45) is 0. The predicted molar refractivity (Wildman–Crippen MR) is 272 cm³/mol. The van der Waals surface area contributed by atoms with Gasteiger partial charge in [0.25, 0.3) is 0 Å². The molecule has 1 heterocycles. The topological polar surface area (TPSA) is 11.4 Å². The monoisotopic (exact) mass is 829 g/mol. The van der Waals surface area contributed by atoms with Crippen molar-refractivity contribution in [1.82, 2.24) is 4.57 Å². The average Bonchev–Trinajstić information content (AvgIpc) is 3.96. The Balaban J connectivity index is 1.11. The third kappa shape index (κ3) is 5.42. The maximum Gasteiger partial charge on any atom is 0.0727 e. The van der Waals surface area contributed by atoms with Crippen molar-refractivity contribution >= 4 is 55.9 Å². The fourth-order valence-corrected chi connectivity index (χ4v) is 11.3. The van der Waals surface area contributed by atoms with Crippen molar-refractivity contribution in [2.45, 2.75) is 5.41 Å². The zero-order valence-corrected chi connectivity index (χ0v) is 35.9. The van der Waals surface area contributed by atoms with Gasteiger partial charge in [-0.15, -0.1) is 0 Å². The van der Waals surface area contributed by atoms with Crippen molar-refractivity contribution in [3.63, 3.8) is 0 Å². The molecule has 2 aliphatic carbocycles. The third-order valence-electron chi connectivity index (χ3n) is 14.0. The van der Waals surface area contributed by atoms with Gasteiger partial charge < -0.3 is 14.4 Å². The number of aromatic nitrogens is 1. The molecule has 0 saturated carbocycles. The zero-order chi connectivity index (χ0) is 43.1. The normalized spacial score (nSPS) is 14.3. The Labute approximate surface area is 379 Å². The molecule has 0 N–H and O–H groups in total. The Kier molecular flexibility index (Phi) is 8.34. The second-order valence-electron chi connectivity index (χ2n) is 17.3. The van der Waals surface area contributed by atoms with Gasteiger partial charge in [-0.2, -0.15) is 0 Å². The Morgan fingerprint density at radius 3 is 1.42 bits per heavy atom. The molecule has 1 atom stereocenters. The number of rotatable bonds is 7. The van der Waals surface area contributed by atoms with E-state index in [-0.39, 0.29) is 0 Å². The lowest BCUT2D eigenvalue weighted by Gasteiger charge is -2.34. The molecule has 0 radical (unpaired) electrons. The zero-order valence-electron chi connectivity index (χ0n) is 35.9. The fourth-order valence-electron chi connectivity index (χ4n) is 11.3. The molecule has 2 aliphatic rings. The molecule has 65 heavy (non-hydrogen) atoms. The maximum atomic E-state index is 2.53. The number of hydrogen-bond donors (Lipinski definition) is 0. The van der Waals surface area contributed by atoms with E-state index in [1.807, 2.05) is 0 Å².